The number of nitrogens with one attached hydrogen (secondary N) is 1. The summed E-state index contributed by atoms with van der Waals surface area (Å²) >= 11 is 0. The molecule has 148 valence electrons. The molecule has 9 heteroatoms. The van der Waals surface area contributed by atoms with Crippen LogP contribution < -0.4 is 10.1 Å². The zero-order valence-electron chi connectivity index (χ0n) is 14.8. The number of carbonyl (C=O) groups excluding carboxylic acids is 3. The number of halogens is 2. The van der Waals surface area contributed by atoms with E-state index in [1.807, 2.05) is 0 Å². The van der Waals surface area contributed by atoms with E-state index in [4.69, 9.17) is 4.74 Å². The number of ether oxygens (including phenoxy) is 3. The number of carbonyl (C=O) groups is 3. The Labute approximate surface area is 159 Å². The van der Waals surface area contributed by atoms with Crippen LogP contribution in [0.3, 0.4) is 0 Å². The SMILES string of the molecule is COC(=O)c1ccc(CNC(=O)COC(=O)c2ccccc2OC(F)F)cc1. The zero-order valence-corrected chi connectivity index (χ0v) is 14.8. The lowest BCUT2D eigenvalue weighted by Gasteiger charge is -2.10. The van der Waals surface area contributed by atoms with Crippen LogP contribution in [-0.4, -0.2) is 38.2 Å². The molecule has 0 aliphatic heterocycles. The minimum absolute atomic E-state index is 0.142. The topological polar surface area (TPSA) is 90.9 Å². The summed E-state index contributed by atoms with van der Waals surface area (Å²) in [6.45, 7) is -3.55. The second-order valence-corrected chi connectivity index (χ2v) is 5.42. The predicted molar refractivity (Wildman–Crippen MR) is 93.0 cm³/mol. The van der Waals surface area contributed by atoms with Crippen molar-refractivity contribution in [3.8, 4) is 5.75 Å². The number of hydrogen-bond acceptors (Lipinski definition) is 6. The second kappa shape index (κ2) is 10.0. The molecule has 2 aromatic carbocycles. The highest BCUT2D eigenvalue weighted by Crippen LogP contribution is 2.21. The van der Waals surface area contributed by atoms with E-state index < -0.39 is 31.1 Å². The van der Waals surface area contributed by atoms with Gasteiger partial charge in [0.2, 0.25) is 0 Å². The quantitative estimate of drug-likeness (QED) is 0.693. The fraction of sp³-hybridized carbons (Fsp3) is 0.211. The molecule has 0 aliphatic rings. The lowest BCUT2D eigenvalue weighted by Crippen LogP contribution is -2.28. The fourth-order valence-corrected chi connectivity index (χ4v) is 2.17. The number of amides is 1. The number of para-hydroxylation sites is 1. The van der Waals surface area contributed by atoms with E-state index in [1.54, 1.807) is 24.3 Å². The summed E-state index contributed by atoms with van der Waals surface area (Å²) in [5.41, 5.74) is 0.869. The molecular weight excluding hydrogens is 376 g/mol. The van der Waals surface area contributed by atoms with Crippen LogP contribution in [0.2, 0.25) is 0 Å². The molecule has 0 aromatic heterocycles. The fourth-order valence-electron chi connectivity index (χ4n) is 2.17. The van der Waals surface area contributed by atoms with Crippen LogP contribution in [0, 0.1) is 0 Å². The first-order valence-corrected chi connectivity index (χ1v) is 8.05. The standard InChI is InChI=1S/C19H17F2NO6/c1-26-17(24)13-8-6-12(7-9-13)10-22-16(23)11-27-18(25)14-4-2-3-5-15(14)28-19(20)21/h2-9,19H,10-11H2,1H3,(H,22,23). The highest BCUT2D eigenvalue weighted by molar-refractivity contribution is 5.94. The van der Waals surface area contributed by atoms with E-state index in [1.165, 1.54) is 31.4 Å². The molecule has 0 spiro atoms. The molecule has 0 saturated carbocycles. The van der Waals surface area contributed by atoms with Crippen molar-refractivity contribution in [2.24, 2.45) is 0 Å². The summed E-state index contributed by atoms with van der Waals surface area (Å²) in [6, 6.07) is 11.7. The van der Waals surface area contributed by atoms with Gasteiger partial charge in [-0.2, -0.15) is 8.78 Å². The summed E-state index contributed by atoms with van der Waals surface area (Å²) < 4.78 is 38.4. The summed E-state index contributed by atoms with van der Waals surface area (Å²) in [5, 5.41) is 2.53. The average molecular weight is 393 g/mol. The van der Waals surface area contributed by atoms with E-state index in [2.05, 4.69) is 14.8 Å². The molecule has 7 nitrogen and oxygen atoms in total. The van der Waals surface area contributed by atoms with Crippen LogP contribution in [0.5, 0.6) is 5.75 Å². The summed E-state index contributed by atoms with van der Waals surface area (Å²) in [6.07, 6.45) is 0. The van der Waals surface area contributed by atoms with Crippen LogP contribution >= 0.6 is 0 Å². The maximum absolute atomic E-state index is 12.4. The minimum Gasteiger partial charge on any atom is -0.465 e. The molecule has 1 amide bonds. The monoisotopic (exact) mass is 393 g/mol. The van der Waals surface area contributed by atoms with Crippen molar-refractivity contribution in [2.75, 3.05) is 13.7 Å². The lowest BCUT2D eigenvalue weighted by molar-refractivity contribution is -0.124. The predicted octanol–water partition coefficient (Wildman–Crippen LogP) is 2.55. The van der Waals surface area contributed by atoms with Crippen LogP contribution in [0.4, 0.5) is 8.78 Å². The molecule has 0 bridgehead atoms. The van der Waals surface area contributed by atoms with Crippen LogP contribution in [-0.2, 0) is 20.8 Å². The van der Waals surface area contributed by atoms with E-state index in [9.17, 15) is 23.2 Å². The first kappa shape index (κ1) is 20.8. The average Bonchev–Trinajstić information content (AvgIpc) is 2.70. The normalized spacial score (nSPS) is 10.3. The van der Waals surface area contributed by atoms with Gasteiger partial charge in [-0.05, 0) is 29.8 Å². The maximum atomic E-state index is 12.4. The van der Waals surface area contributed by atoms with Gasteiger partial charge in [0, 0.05) is 6.54 Å². The Hall–Kier alpha value is -3.49. The van der Waals surface area contributed by atoms with Crippen molar-refractivity contribution in [3.05, 3.63) is 65.2 Å². The largest absolute Gasteiger partial charge is 0.465 e. The second-order valence-electron chi connectivity index (χ2n) is 5.42. The molecule has 1 N–H and O–H groups in total. The van der Waals surface area contributed by atoms with Gasteiger partial charge in [0.15, 0.2) is 6.61 Å². The number of esters is 2. The molecule has 2 aromatic rings. The number of benzene rings is 2. The molecule has 2 rings (SSSR count). The van der Waals surface area contributed by atoms with Gasteiger partial charge in [-0.3, -0.25) is 4.79 Å². The van der Waals surface area contributed by atoms with Crippen molar-refractivity contribution in [1.82, 2.24) is 5.32 Å². The number of hydrogen-bond donors (Lipinski definition) is 1. The molecule has 0 aliphatic carbocycles. The number of alkyl halides is 2. The number of methoxy groups -OCH3 is 1. The molecule has 0 unspecified atom stereocenters. The van der Waals surface area contributed by atoms with Crippen molar-refractivity contribution >= 4 is 17.8 Å². The van der Waals surface area contributed by atoms with Crippen molar-refractivity contribution in [2.45, 2.75) is 13.2 Å². The molecule has 0 fully saturated rings. The molecule has 0 heterocycles. The Morgan fingerprint density at radius 3 is 2.32 bits per heavy atom. The third-order valence-electron chi connectivity index (χ3n) is 3.52. The van der Waals surface area contributed by atoms with Crippen molar-refractivity contribution < 1.29 is 37.4 Å². The van der Waals surface area contributed by atoms with Crippen LogP contribution in [0.1, 0.15) is 26.3 Å². The Kier molecular flexibility index (Phi) is 7.44. The third kappa shape index (κ3) is 6.04. The summed E-state index contributed by atoms with van der Waals surface area (Å²) in [5.74, 6) is -2.36. The van der Waals surface area contributed by atoms with E-state index >= 15 is 0 Å². The Bertz CT molecular complexity index is 839. The van der Waals surface area contributed by atoms with Gasteiger partial charge in [0.1, 0.15) is 11.3 Å². The highest BCUT2D eigenvalue weighted by Gasteiger charge is 2.17. The van der Waals surface area contributed by atoms with Gasteiger partial charge in [-0.15, -0.1) is 0 Å². The molecule has 28 heavy (non-hydrogen) atoms. The van der Waals surface area contributed by atoms with E-state index in [0.29, 0.717) is 11.1 Å². The maximum Gasteiger partial charge on any atom is 0.387 e. The minimum atomic E-state index is -3.09. The van der Waals surface area contributed by atoms with Crippen molar-refractivity contribution in [3.63, 3.8) is 0 Å². The highest BCUT2D eigenvalue weighted by atomic mass is 19.3. The first-order valence-electron chi connectivity index (χ1n) is 8.05. The zero-order chi connectivity index (χ0) is 20.5. The van der Waals surface area contributed by atoms with Gasteiger partial charge >= 0.3 is 18.6 Å². The van der Waals surface area contributed by atoms with E-state index in [0.717, 1.165) is 0 Å². The lowest BCUT2D eigenvalue weighted by atomic mass is 10.1. The summed E-state index contributed by atoms with van der Waals surface area (Å²) in [7, 11) is 1.27. The van der Waals surface area contributed by atoms with Gasteiger partial charge in [-0.25, -0.2) is 9.59 Å². The Morgan fingerprint density at radius 2 is 1.68 bits per heavy atom. The Morgan fingerprint density at radius 1 is 1.00 bits per heavy atom. The first-order chi connectivity index (χ1) is 13.4. The summed E-state index contributed by atoms with van der Waals surface area (Å²) in [4.78, 5) is 35.2. The van der Waals surface area contributed by atoms with Crippen LogP contribution in [0.15, 0.2) is 48.5 Å². The smallest absolute Gasteiger partial charge is 0.387 e. The third-order valence-corrected chi connectivity index (χ3v) is 3.52. The molecule has 0 radical (unpaired) electrons. The van der Waals surface area contributed by atoms with Gasteiger partial charge in [-0.1, -0.05) is 24.3 Å². The van der Waals surface area contributed by atoms with E-state index in [-0.39, 0.29) is 17.9 Å². The van der Waals surface area contributed by atoms with Gasteiger partial charge in [0.25, 0.3) is 5.91 Å². The van der Waals surface area contributed by atoms with Crippen LogP contribution in [0.25, 0.3) is 0 Å². The van der Waals surface area contributed by atoms with Gasteiger partial charge < -0.3 is 19.5 Å². The Balaban J connectivity index is 1.84. The molecule has 0 atom stereocenters. The molecular formula is C19H17F2NO6. The van der Waals surface area contributed by atoms with Gasteiger partial charge in [0.05, 0.1) is 12.7 Å². The van der Waals surface area contributed by atoms with Crippen molar-refractivity contribution in [1.29, 1.82) is 0 Å². The molecule has 0 saturated heterocycles. The number of rotatable bonds is 8.